The van der Waals surface area contributed by atoms with Crippen LogP contribution in [0.4, 0.5) is 0 Å². The van der Waals surface area contributed by atoms with Crippen LogP contribution in [0.1, 0.15) is 44.9 Å². The van der Waals surface area contributed by atoms with Crippen LogP contribution in [0.5, 0.6) is 0 Å². The summed E-state index contributed by atoms with van der Waals surface area (Å²) in [5.41, 5.74) is 0.587. The van der Waals surface area contributed by atoms with Crippen molar-refractivity contribution in [3.63, 3.8) is 0 Å². The van der Waals surface area contributed by atoms with Gasteiger partial charge in [-0.05, 0) is 49.9 Å². The zero-order chi connectivity index (χ0) is 15.3. The van der Waals surface area contributed by atoms with Gasteiger partial charge in [-0.15, -0.1) is 0 Å². The smallest absolute Gasteiger partial charge is 0.190 e. The maximum atomic E-state index is 5.77. The lowest BCUT2D eigenvalue weighted by Crippen LogP contribution is -2.47. The zero-order valence-corrected chi connectivity index (χ0v) is 13.9. The van der Waals surface area contributed by atoms with Gasteiger partial charge in [0.2, 0.25) is 0 Å². The van der Waals surface area contributed by atoms with Gasteiger partial charge in [0.05, 0.1) is 12.7 Å². The molecule has 22 heavy (non-hydrogen) atoms. The van der Waals surface area contributed by atoms with E-state index in [2.05, 4.69) is 15.6 Å². The van der Waals surface area contributed by atoms with Crippen LogP contribution in [-0.4, -0.2) is 52.0 Å². The van der Waals surface area contributed by atoms with Gasteiger partial charge in [-0.25, -0.2) is 0 Å². The van der Waals surface area contributed by atoms with Crippen LogP contribution in [0.15, 0.2) is 4.99 Å². The molecule has 0 aromatic carbocycles. The molecule has 1 atom stereocenters. The van der Waals surface area contributed by atoms with E-state index in [1.807, 2.05) is 7.05 Å². The summed E-state index contributed by atoms with van der Waals surface area (Å²) in [6.07, 6.45) is 9.45. The molecule has 1 unspecified atom stereocenters. The Morgan fingerprint density at radius 3 is 2.73 bits per heavy atom. The molecule has 3 rings (SSSR count). The molecule has 0 aromatic heterocycles. The van der Waals surface area contributed by atoms with Crippen LogP contribution < -0.4 is 10.6 Å². The molecule has 3 fully saturated rings. The SMILES string of the molecule is CN=C(NCCCOC1CCOC1)NCC1(C2CC2)CCC1. The van der Waals surface area contributed by atoms with E-state index in [1.54, 1.807) is 0 Å². The van der Waals surface area contributed by atoms with Gasteiger partial charge in [-0.3, -0.25) is 4.99 Å². The summed E-state index contributed by atoms with van der Waals surface area (Å²) in [5.74, 6) is 1.92. The highest BCUT2D eigenvalue weighted by atomic mass is 16.5. The molecular formula is C17H31N3O2. The summed E-state index contributed by atoms with van der Waals surface area (Å²) in [6.45, 7) is 4.41. The Morgan fingerprint density at radius 1 is 1.27 bits per heavy atom. The molecule has 3 aliphatic rings. The Morgan fingerprint density at radius 2 is 2.14 bits per heavy atom. The van der Waals surface area contributed by atoms with Crippen LogP contribution >= 0.6 is 0 Å². The van der Waals surface area contributed by atoms with E-state index in [0.717, 1.165) is 57.6 Å². The Labute approximate surface area is 134 Å². The van der Waals surface area contributed by atoms with Gasteiger partial charge in [0.1, 0.15) is 0 Å². The molecular weight excluding hydrogens is 278 g/mol. The van der Waals surface area contributed by atoms with E-state index in [0.29, 0.717) is 11.5 Å². The third-order valence-corrected chi connectivity index (χ3v) is 5.48. The quantitative estimate of drug-likeness (QED) is 0.409. The van der Waals surface area contributed by atoms with Gasteiger partial charge in [0.15, 0.2) is 5.96 Å². The Kier molecular flexibility index (Phi) is 5.58. The van der Waals surface area contributed by atoms with Crippen LogP contribution in [0, 0.1) is 11.3 Å². The molecule has 0 amide bonds. The van der Waals surface area contributed by atoms with Gasteiger partial charge in [-0.2, -0.15) is 0 Å². The molecule has 126 valence electrons. The second-order valence-electron chi connectivity index (χ2n) is 7.05. The van der Waals surface area contributed by atoms with Crippen molar-refractivity contribution in [2.45, 2.75) is 51.0 Å². The van der Waals surface area contributed by atoms with E-state index < -0.39 is 0 Å². The molecule has 1 heterocycles. The van der Waals surface area contributed by atoms with Crippen molar-refractivity contribution >= 4 is 5.96 Å². The third-order valence-electron chi connectivity index (χ3n) is 5.48. The molecule has 5 nitrogen and oxygen atoms in total. The number of nitrogens with zero attached hydrogens (tertiary/aromatic N) is 1. The number of nitrogens with one attached hydrogen (secondary N) is 2. The monoisotopic (exact) mass is 309 g/mol. The van der Waals surface area contributed by atoms with E-state index in [1.165, 1.54) is 32.1 Å². The first-order chi connectivity index (χ1) is 10.8. The fourth-order valence-corrected chi connectivity index (χ4v) is 3.71. The second kappa shape index (κ2) is 7.64. The fourth-order valence-electron chi connectivity index (χ4n) is 3.71. The lowest BCUT2D eigenvalue weighted by atomic mass is 9.65. The number of ether oxygens (including phenoxy) is 2. The summed E-state index contributed by atoms with van der Waals surface area (Å²) >= 11 is 0. The molecule has 2 N–H and O–H groups in total. The molecule has 0 radical (unpaired) electrons. The van der Waals surface area contributed by atoms with Crippen LogP contribution in [-0.2, 0) is 9.47 Å². The molecule has 0 spiro atoms. The van der Waals surface area contributed by atoms with Crippen molar-refractivity contribution in [3.05, 3.63) is 0 Å². The third kappa shape index (κ3) is 4.13. The standard InChI is InChI=1S/C17H31N3O2/c1-18-16(19-9-3-10-22-15-6-11-21-12-15)20-13-17(7-2-8-17)14-4-5-14/h14-15H,2-13H2,1H3,(H2,18,19,20). The van der Waals surface area contributed by atoms with Crippen LogP contribution in [0.25, 0.3) is 0 Å². The minimum atomic E-state index is 0.314. The number of aliphatic imine (C=N–C) groups is 1. The highest BCUT2D eigenvalue weighted by molar-refractivity contribution is 5.79. The van der Waals surface area contributed by atoms with Gasteiger partial charge in [-0.1, -0.05) is 6.42 Å². The molecule has 5 heteroatoms. The van der Waals surface area contributed by atoms with E-state index in [9.17, 15) is 0 Å². The average Bonchev–Trinajstić information content (AvgIpc) is 3.20. The van der Waals surface area contributed by atoms with Gasteiger partial charge in [0, 0.05) is 33.4 Å². The van der Waals surface area contributed by atoms with Crippen molar-refractivity contribution in [3.8, 4) is 0 Å². The van der Waals surface area contributed by atoms with Crippen molar-refractivity contribution in [1.82, 2.24) is 10.6 Å². The number of hydrogen-bond acceptors (Lipinski definition) is 3. The van der Waals surface area contributed by atoms with Gasteiger partial charge >= 0.3 is 0 Å². The summed E-state index contributed by atoms with van der Waals surface area (Å²) in [5, 5.41) is 6.95. The fraction of sp³-hybridized carbons (Fsp3) is 0.941. The maximum Gasteiger partial charge on any atom is 0.190 e. The van der Waals surface area contributed by atoms with Crippen molar-refractivity contribution in [1.29, 1.82) is 0 Å². The summed E-state index contributed by atoms with van der Waals surface area (Å²) in [7, 11) is 1.85. The summed E-state index contributed by atoms with van der Waals surface area (Å²) in [4.78, 5) is 4.34. The first kappa shape index (κ1) is 16.1. The normalized spacial score (nSPS) is 27.5. The van der Waals surface area contributed by atoms with E-state index in [-0.39, 0.29) is 0 Å². The maximum absolute atomic E-state index is 5.77. The van der Waals surface area contributed by atoms with Crippen molar-refractivity contribution in [2.24, 2.45) is 16.3 Å². The molecule has 0 bridgehead atoms. The first-order valence-electron chi connectivity index (χ1n) is 8.96. The average molecular weight is 309 g/mol. The van der Waals surface area contributed by atoms with Crippen LogP contribution in [0.2, 0.25) is 0 Å². The molecule has 1 saturated heterocycles. The molecule has 1 aliphatic heterocycles. The lowest BCUT2D eigenvalue weighted by molar-refractivity contribution is 0.0419. The van der Waals surface area contributed by atoms with Crippen LogP contribution in [0.3, 0.4) is 0 Å². The Balaban J connectivity index is 1.27. The van der Waals surface area contributed by atoms with Crippen molar-refractivity contribution < 1.29 is 9.47 Å². The predicted molar refractivity (Wildman–Crippen MR) is 88.2 cm³/mol. The Bertz CT molecular complexity index is 372. The first-order valence-corrected chi connectivity index (χ1v) is 8.96. The zero-order valence-electron chi connectivity index (χ0n) is 13.9. The number of guanidine groups is 1. The topological polar surface area (TPSA) is 54.9 Å². The molecule has 2 saturated carbocycles. The van der Waals surface area contributed by atoms with Gasteiger partial charge in [0.25, 0.3) is 0 Å². The highest BCUT2D eigenvalue weighted by Crippen LogP contribution is 2.56. The second-order valence-corrected chi connectivity index (χ2v) is 7.05. The molecule has 0 aromatic rings. The number of hydrogen-bond donors (Lipinski definition) is 2. The Hall–Kier alpha value is -0.810. The lowest BCUT2D eigenvalue weighted by Gasteiger charge is -2.43. The predicted octanol–water partition coefficient (Wildman–Crippen LogP) is 1.93. The van der Waals surface area contributed by atoms with Gasteiger partial charge < -0.3 is 20.1 Å². The summed E-state index contributed by atoms with van der Waals surface area (Å²) in [6, 6.07) is 0. The molecule has 2 aliphatic carbocycles. The van der Waals surface area contributed by atoms with Crippen molar-refractivity contribution in [2.75, 3.05) is 40.0 Å². The summed E-state index contributed by atoms with van der Waals surface area (Å²) < 4.78 is 11.1. The van der Waals surface area contributed by atoms with E-state index in [4.69, 9.17) is 9.47 Å². The van der Waals surface area contributed by atoms with E-state index >= 15 is 0 Å². The minimum Gasteiger partial charge on any atom is -0.379 e. The minimum absolute atomic E-state index is 0.314. The number of rotatable bonds is 8. The highest BCUT2D eigenvalue weighted by Gasteiger charge is 2.48. The largest absolute Gasteiger partial charge is 0.379 e.